The minimum atomic E-state index is -0.453. The van der Waals surface area contributed by atoms with Crippen molar-refractivity contribution in [3.05, 3.63) is 17.5 Å². The maximum Gasteiger partial charge on any atom is 0.254 e. The minimum absolute atomic E-state index is 0.0540. The van der Waals surface area contributed by atoms with Crippen LogP contribution in [0.15, 0.2) is 6.20 Å². The molecule has 3 rings (SSSR count). The van der Waals surface area contributed by atoms with Crippen LogP contribution in [0, 0.1) is 5.92 Å². The predicted molar refractivity (Wildman–Crippen MR) is 128 cm³/mol. The molecule has 0 unspecified atom stereocenters. The Morgan fingerprint density at radius 2 is 1.76 bits per heavy atom. The largest absolute Gasteiger partial charge is 0.381 e. The highest BCUT2D eigenvalue weighted by molar-refractivity contribution is 5.95. The summed E-state index contributed by atoms with van der Waals surface area (Å²) >= 11 is 0. The Morgan fingerprint density at radius 3 is 2.55 bits per heavy atom. The quantitative estimate of drug-likeness (QED) is 0.543. The van der Waals surface area contributed by atoms with E-state index in [4.69, 9.17) is 10.5 Å². The maximum absolute atomic E-state index is 12.9. The number of anilines is 1. The van der Waals surface area contributed by atoms with E-state index in [0.29, 0.717) is 43.4 Å². The van der Waals surface area contributed by atoms with Crippen LogP contribution in [0.5, 0.6) is 0 Å². The molecule has 9 heteroatoms. The van der Waals surface area contributed by atoms with Gasteiger partial charge >= 0.3 is 0 Å². The van der Waals surface area contributed by atoms with E-state index in [1.165, 1.54) is 0 Å². The van der Waals surface area contributed by atoms with Crippen molar-refractivity contribution >= 4 is 17.8 Å². The molecule has 33 heavy (non-hydrogen) atoms. The number of aromatic nitrogens is 2. The summed E-state index contributed by atoms with van der Waals surface area (Å²) in [4.78, 5) is 34.1. The summed E-state index contributed by atoms with van der Waals surface area (Å²) in [7, 11) is 0. The first-order chi connectivity index (χ1) is 16.1. The summed E-state index contributed by atoms with van der Waals surface area (Å²) in [6.07, 6.45) is 11.7. The fourth-order valence-corrected chi connectivity index (χ4v) is 4.28. The Morgan fingerprint density at radius 1 is 1.03 bits per heavy atom. The smallest absolute Gasteiger partial charge is 0.254 e. The molecule has 0 radical (unpaired) electrons. The van der Waals surface area contributed by atoms with E-state index < -0.39 is 6.04 Å². The van der Waals surface area contributed by atoms with Crippen molar-refractivity contribution in [1.82, 2.24) is 20.6 Å². The molecule has 1 atom stereocenters. The van der Waals surface area contributed by atoms with Crippen LogP contribution in [0.4, 0.5) is 5.95 Å². The number of nitrogens with one attached hydrogen (secondary N) is 3. The lowest BCUT2D eigenvalue weighted by molar-refractivity contribution is -0.122. The SMILES string of the molecule is N[C@H]1CCCCCc2nc(ncc2C(=O)NCC2CCOCC2)NCCCCCCNC1=O. The molecule has 184 valence electrons. The number of rotatable bonds is 3. The van der Waals surface area contributed by atoms with Crippen molar-refractivity contribution in [2.75, 3.05) is 38.2 Å². The molecule has 9 nitrogen and oxygen atoms in total. The van der Waals surface area contributed by atoms with Crippen molar-refractivity contribution in [2.24, 2.45) is 11.7 Å². The fourth-order valence-electron chi connectivity index (χ4n) is 4.28. The molecule has 2 aliphatic rings. The van der Waals surface area contributed by atoms with E-state index in [0.717, 1.165) is 83.2 Å². The Kier molecular flexibility index (Phi) is 10.8. The Balaban J connectivity index is 1.61. The highest BCUT2D eigenvalue weighted by Gasteiger charge is 2.19. The van der Waals surface area contributed by atoms with Crippen LogP contribution in [0.25, 0.3) is 0 Å². The van der Waals surface area contributed by atoms with Gasteiger partial charge in [-0.05, 0) is 50.9 Å². The number of fused-ring (bicyclic) bond motifs is 2. The Hall–Kier alpha value is -2.26. The van der Waals surface area contributed by atoms with Crippen LogP contribution >= 0.6 is 0 Å². The van der Waals surface area contributed by atoms with Gasteiger partial charge in [0, 0.05) is 39.0 Å². The summed E-state index contributed by atoms with van der Waals surface area (Å²) in [5, 5.41) is 9.32. The number of nitrogens with zero attached hydrogens (tertiary/aromatic N) is 2. The highest BCUT2D eigenvalue weighted by Crippen LogP contribution is 2.16. The van der Waals surface area contributed by atoms with Gasteiger partial charge < -0.3 is 26.4 Å². The lowest BCUT2D eigenvalue weighted by atomic mass is 10.00. The number of hydrogen-bond donors (Lipinski definition) is 4. The summed E-state index contributed by atoms with van der Waals surface area (Å²) in [5.74, 6) is 0.883. The molecule has 2 aliphatic heterocycles. The third kappa shape index (κ3) is 8.89. The molecule has 3 heterocycles. The lowest BCUT2D eigenvalue weighted by Gasteiger charge is -2.22. The van der Waals surface area contributed by atoms with Crippen molar-refractivity contribution < 1.29 is 14.3 Å². The van der Waals surface area contributed by atoms with Gasteiger partial charge in [-0.15, -0.1) is 0 Å². The summed E-state index contributed by atoms with van der Waals surface area (Å²) < 4.78 is 5.40. The summed E-state index contributed by atoms with van der Waals surface area (Å²) in [6.45, 7) is 3.65. The van der Waals surface area contributed by atoms with E-state index >= 15 is 0 Å². The van der Waals surface area contributed by atoms with E-state index in [1.54, 1.807) is 6.20 Å². The van der Waals surface area contributed by atoms with Gasteiger partial charge in [-0.1, -0.05) is 25.7 Å². The monoisotopic (exact) mass is 460 g/mol. The van der Waals surface area contributed by atoms with Crippen molar-refractivity contribution in [2.45, 2.75) is 76.7 Å². The number of carbonyl (C=O) groups excluding carboxylic acids is 2. The van der Waals surface area contributed by atoms with Gasteiger partial charge in [0.25, 0.3) is 5.91 Å². The van der Waals surface area contributed by atoms with Gasteiger partial charge in [0.05, 0.1) is 17.3 Å². The maximum atomic E-state index is 12.9. The zero-order valence-corrected chi connectivity index (χ0v) is 19.7. The van der Waals surface area contributed by atoms with Crippen LogP contribution < -0.4 is 21.7 Å². The van der Waals surface area contributed by atoms with E-state index in [1.807, 2.05) is 0 Å². The second kappa shape index (κ2) is 14.1. The highest BCUT2D eigenvalue weighted by atomic mass is 16.5. The van der Waals surface area contributed by atoms with Crippen molar-refractivity contribution in [3.8, 4) is 0 Å². The fraction of sp³-hybridized carbons (Fsp3) is 0.750. The van der Waals surface area contributed by atoms with Gasteiger partial charge in [-0.25, -0.2) is 9.97 Å². The van der Waals surface area contributed by atoms with Crippen LogP contribution in [-0.2, 0) is 16.0 Å². The second-order valence-electron chi connectivity index (χ2n) is 9.16. The topological polar surface area (TPSA) is 131 Å². The van der Waals surface area contributed by atoms with E-state index in [9.17, 15) is 9.59 Å². The number of nitrogens with two attached hydrogens (primary N) is 1. The molecular formula is C24H40N6O3. The Labute approximate surface area is 197 Å². The number of amides is 2. The van der Waals surface area contributed by atoms with E-state index in [-0.39, 0.29) is 11.8 Å². The number of ether oxygens (including phenoxy) is 1. The van der Waals surface area contributed by atoms with E-state index in [2.05, 4.69) is 25.9 Å². The van der Waals surface area contributed by atoms with Gasteiger partial charge in [0.2, 0.25) is 11.9 Å². The number of aryl methyl sites for hydroxylation is 1. The average molecular weight is 461 g/mol. The molecule has 2 amide bonds. The van der Waals surface area contributed by atoms with Crippen LogP contribution in [-0.4, -0.2) is 60.7 Å². The summed E-state index contributed by atoms with van der Waals surface area (Å²) in [5.41, 5.74) is 7.37. The van der Waals surface area contributed by atoms with Gasteiger partial charge in [0.15, 0.2) is 0 Å². The van der Waals surface area contributed by atoms with Gasteiger partial charge in [0.1, 0.15) is 0 Å². The third-order valence-corrected chi connectivity index (χ3v) is 6.46. The molecule has 1 saturated heterocycles. The first kappa shape index (κ1) is 25.4. The zero-order valence-electron chi connectivity index (χ0n) is 19.7. The number of hydrogen-bond acceptors (Lipinski definition) is 7. The first-order valence-electron chi connectivity index (χ1n) is 12.6. The Bertz CT molecular complexity index is 754. The van der Waals surface area contributed by atoms with Crippen LogP contribution in [0.3, 0.4) is 0 Å². The number of carbonyl (C=O) groups is 2. The normalized spacial score (nSPS) is 22.3. The molecule has 0 saturated carbocycles. The zero-order chi connectivity index (χ0) is 23.3. The molecule has 1 aromatic rings. The standard InChI is InChI=1S/C24H40N6O3/c25-20-8-4-3-5-9-21-19(22(31)28-16-18-10-14-33-15-11-18)17-29-24(30-21)27-13-7-2-1-6-12-26-23(20)32/h17-18,20H,1-16,25H2,(H,26,32)(H,28,31)(H,27,29,30)/t20-/m0/s1. The molecular weight excluding hydrogens is 420 g/mol. The minimum Gasteiger partial charge on any atom is -0.381 e. The van der Waals surface area contributed by atoms with Gasteiger partial charge in [-0.3, -0.25) is 9.59 Å². The molecule has 0 aromatic carbocycles. The average Bonchev–Trinajstić information content (AvgIpc) is 2.84. The molecule has 1 aromatic heterocycles. The second-order valence-corrected chi connectivity index (χ2v) is 9.16. The molecule has 5 N–H and O–H groups in total. The van der Waals surface area contributed by atoms with Gasteiger partial charge in [-0.2, -0.15) is 0 Å². The molecule has 1 fully saturated rings. The van der Waals surface area contributed by atoms with Crippen molar-refractivity contribution in [3.63, 3.8) is 0 Å². The third-order valence-electron chi connectivity index (χ3n) is 6.46. The lowest BCUT2D eigenvalue weighted by Crippen LogP contribution is -2.40. The molecule has 0 spiro atoms. The van der Waals surface area contributed by atoms with Crippen molar-refractivity contribution in [1.29, 1.82) is 0 Å². The van der Waals surface area contributed by atoms with Crippen LogP contribution in [0.1, 0.15) is 80.3 Å². The predicted octanol–water partition coefficient (Wildman–Crippen LogP) is 2.17. The first-order valence-corrected chi connectivity index (χ1v) is 12.6. The summed E-state index contributed by atoms with van der Waals surface area (Å²) in [6, 6.07) is -0.453. The molecule has 2 bridgehead atoms. The van der Waals surface area contributed by atoms with Crippen LogP contribution in [0.2, 0.25) is 0 Å². The molecule has 0 aliphatic carbocycles.